The molecule has 2 saturated carbocycles. The molecule has 2 aliphatic rings. The number of hydrogen-bond donors (Lipinski definition) is 0. The molecule has 0 aliphatic heterocycles. The van der Waals surface area contributed by atoms with Crippen LogP contribution in [0, 0.1) is 33.5 Å². The Morgan fingerprint density at radius 1 is 0.639 bits per heavy atom. The fourth-order valence-electron chi connectivity index (χ4n) is 7.52. The summed E-state index contributed by atoms with van der Waals surface area (Å²) < 4.78 is 14.0. The van der Waals surface area contributed by atoms with E-state index >= 15 is 0 Å². The van der Waals surface area contributed by atoms with Crippen LogP contribution in [0.1, 0.15) is 49.7 Å². The van der Waals surface area contributed by atoms with Gasteiger partial charge in [0, 0.05) is 10.8 Å². The summed E-state index contributed by atoms with van der Waals surface area (Å²) in [4.78, 5) is 0. The van der Waals surface area contributed by atoms with Crippen LogP contribution in [0.25, 0.3) is 0 Å². The van der Waals surface area contributed by atoms with E-state index < -0.39 is 38.7 Å². The van der Waals surface area contributed by atoms with E-state index in [4.69, 9.17) is 8.85 Å². The molecule has 0 bridgehead atoms. The Labute approximate surface area is 219 Å². The van der Waals surface area contributed by atoms with Crippen molar-refractivity contribution in [1.29, 1.82) is 10.5 Å². The van der Waals surface area contributed by atoms with E-state index in [9.17, 15) is 10.5 Å². The first-order valence-electron chi connectivity index (χ1n) is 13.0. The van der Waals surface area contributed by atoms with Crippen molar-refractivity contribution in [2.75, 3.05) is 0 Å². The van der Waals surface area contributed by atoms with Crippen LogP contribution in [-0.4, -0.2) is 27.8 Å². The summed E-state index contributed by atoms with van der Waals surface area (Å²) in [6.45, 7) is 17.4. The van der Waals surface area contributed by atoms with Crippen molar-refractivity contribution in [3.63, 3.8) is 0 Å². The Bertz CT molecular complexity index is 1100. The van der Waals surface area contributed by atoms with Gasteiger partial charge in [0.25, 0.3) is 0 Å². The van der Waals surface area contributed by atoms with Gasteiger partial charge < -0.3 is 8.85 Å². The maximum absolute atomic E-state index is 11.0. The summed E-state index contributed by atoms with van der Waals surface area (Å²) in [5, 5.41) is 22.1. The molecule has 0 spiro atoms. The Kier molecular flexibility index (Phi) is 6.46. The lowest BCUT2D eigenvalue weighted by Crippen LogP contribution is -2.59. The van der Waals surface area contributed by atoms with Gasteiger partial charge in [-0.05, 0) is 75.1 Å². The van der Waals surface area contributed by atoms with Crippen molar-refractivity contribution >= 4 is 16.6 Å². The van der Waals surface area contributed by atoms with E-state index in [0.717, 1.165) is 11.1 Å². The Balaban J connectivity index is 2.10. The average Bonchev–Trinajstić information content (AvgIpc) is 3.14. The molecule has 6 heteroatoms. The summed E-state index contributed by atoms with van der Waals surface area (Å²) in [5.74, 6) is -0.131. The highest BCUT2D eigenvalue weighted by molar-refractivity contribution is 6.70. The molecule has 36 heavy (non-hydrogen) atoms. The van der Waals surface area contributed by atoms with E-state index in [1.807, 2.05) is 12.1 Å². The third-order valence-electron chi connectivity index (χ3n) is 8.86. The molecule has 0 amide bonds. The van der Waals surface area contributed by atoms with Gasteiger partial charge in [-0.1, -0.05) is 74.5 Å². The quantitative estimate of drug-likeness (QED) is 0.371. The van der Waals surface area contributed by atoms with Crippen LogP contribution in [0.2, 0.25) is 39.3 Å². The van der Waals surface area contributed by atoms with Crippen molar-refractivity contribution in [2.45, 2.75) is 89.0 Å². The second-order valence-corrected chi connectivity index (χ2v) is 21.9. The summed E-state index contributed by atoms with van der Waals surface area (Å²) in [6, 6.07) is 26.3. The van der Waals surface area contributed by atoms with Crippen molar-refractivity contribution in [3.8, 4) is 12.1 Å². The molecule has 0 heterocycles. The van der Waals surface area contributed by atoms with Crippen LogP contribution in [0.4, 0.5) is 0 Å². The minimum Gasteiger partial charge on any atom is -0.399 e. The lowest BCUT2D eigenvalue weighted by atomic mass is 9.55. The Morgan fingerprint density at radius 3 is 1.19 bits per heavy atom. The lowest BCUT2D eigenvalue weighted by Gasteiger charge is -2.52. The molecule has 2 aliphatic carbocycles. The van der Waals surface area contributed by atoms with Crippen LogP contribution in [0.3, 0.4) is 0 Å². The van der Waals surface area contributed by atoms with Gasteiger partial charge in [0.05, 0.1) is 12.1 Å². The minimum absolute atomic E-state index is 0.0654. The van der Waals surface area contributed by atoms with Gasteiger partial charge in [0.2, 0.25) is 0 Å². The third-order valence-corrected chi connectivity index (χ3v) is 10.8. The summed E-state index contributed by atoms with van der Waals surface area (Å²) in [7, 11) is -4.31. The molecule has 0 unspecified atom stereocenters. The molecule has 2 aromatic rings. The number of rotatable bonds is 6. The van der Waals surface area contributed by atoms with Crippen molar-refractivity contribution in [3.05, 3.63) is 71.8 Å². The Hall–Kier alpha value is -2.23. The van der Waals surface area contributed by atoms with Crippen molar-refractivity contribution in [2.24, 2.45) is 10.8 Å². The molecule has 0 aromatic heterocycles. The highest BCUT2D eigenvalue weighted by Gasteiger charge is 2.82. The molecular weight excluding hydrogens is 477 g/mol. The zero-order valence-corrected chi connectivity index (χ0v) is 25.1. The lowest BCUT2D eigenvalue weighted by molar-refractivity contribution is -0.0810. The van der Waals surface area contributed by atoms with Gasteiger partial charge in [-0.2, -0.15) is 10.5 Å². The number of nitriles is 2. The largest absolute Gasteiger partial charge is 0.399 e. The summed E-state index contributed by atoms with van der Waals surface area (Å²) >= 11 is 0. The number of hydrogen-bond acceptors (Lipinski definition) is 4. The topological polar surface area (TPSA) is 66.0 Å². The SMILES string of the molecule is C[C@]12[C@H](c3ccccc3)C[C@](C#N)(O[Si](C)(C)C)[C@]1(C)[C@@H](c1ccccc1)C[C@@]2(C#N)O[Si](C)(C)C. The standard InChI is InChI=1S/C30H40N2O2Si2/c1-27-25(23-15-11-9-12-16-23)19-30(22-32,34-36(6,7)8)28(27,2)26(24-17-13-10-14-18-24)20-29(27,21-31)33-35(3,4)5/h9-18,25-26H,19-20H2,1-8H3/t25-,26+,27-,28+,29-,30+. The molecule has 6 atom stereocenters. The van der Waals surface area contributed by atoms with E-state index in [1.54, 1.807) is 0 Å². The number of nitrogens with zero attached hydrogens (tertiary/aromatic N) is 2. The maximum atomic E-state index is 11.0. The van der Waals surface area contributed by atoms with E-state index in [2.05, 4.69) is 114 Å². The van der Waals surface area contributed by atoms with Gasteiger partial charge >= 0.3 is 0 Å². The summed E-state index contributed by atoms with van der Waals surface area (Å²) in [5.41, 5.74) is -1.12. The minimum atomic E-state index is -2.16. The molecule has 2 fully saturated rings. The van der Waals surface area contributed by atoms with E-state index in [-0.39, 0.29) is 11.8 Å². The smallest absolute Gasteiger partial charge is 0.185 e. The predicted molar refractivity (Wildman–Crippen MR) is 149 cm³/mol. The number of benzene rings is 2. The normalized spacial score (nSPS) is 36.2. The van der Waals surface area contributed by atoms with Gasteiger partial charge in [-0.3, -0.25) is 0 Å². The molecule has 0 N–H and O–H groups in total. The first-order valence-corrected chi connectivity index (χ1v) is 19.8. The molecule has 0 saturated heterocycles. The molecular formula is C30H40N2O2Si2. The molecule has 2 aromatic carbocycles. The molecule has 190 valence electrons. The van der Waals surface area contributed by atoms with Crippen LogP contribution >= 0.6 is 0 Å². The predicted octanol–water partition coefficient (Wildman–Crippen LogP) is 7.60. The van der Waals surface area contributed by atoms with Gasteiger partial charge in [-0.25, -0.2) is 0 Å². The van der Waals surface area contributed by atoms with Crippen molar-refractivity contribution < 1.29 is 8.85 Å². The average molecular weight is 517 g/mol. The molecule has 4 rings (SSSR count). The molecule has 0 radical (unpaired) electrons. The first kappa shape index (κ1) is 26.8. The van der Waals surface area contributed by atoms with E-state index in [1.165, 1.54) is 0 Å². The molecule has 4 nitrogen and oxygen atoms in total. The van der Waals surface area contributed by atoms with Crippen LogP contribution < -0.4 is 0 Å². The Morgan fingerprint density at radius 2 is 0.944 bits per heavy atom. The number of fused-ring (bicyclic) bond motifs is 1. The fraction of sp³-hybridized carbons (Fsp3) is 0.533. The van der Waals surface area contributed by atoms with Crippen LogP contribution in [0.15, 0.2) is 60.7 Å². The van der Waals surface area contributed by atoms with E-state index in [0.29, 0.717) is 12.8 Å². The first-order chi connectivity index (χ1) is 16.7. The van der Waals surface area contributed by atoms with Gasteiger partial charge in [-0.15, -0.1) is 0 Å². The van der Waals surface area contributed by atoms with Crippen molar-refractivity contribution in [1.82, 2.24) is 0 Å². The van der Waals surface area contributed by atoms with Gasteiger partial charge in [0.15, 0.2) is 27.8 Å². The monoisotopic (exact) mass is 516 g/mol. The van der Waals surface area contributed by atoms with Crippen LogP contribution in [0.5, 0.6) is 0 Å². The fourth-order valence-corrected chi connectivity index (χ4v) is 10.3. The highest BCUT2D eigenvalue weighted by atomic mass is 28.4. The second-order valence-electron chi connectivity index (χ2n) is 13.0. The third kappa shape index (κ3) is 3.82. The zero-order valence-electron chi connectivity index (χ0n) is 23.1. The maximum Gasteiger partial charge on any atom is 0.185 e. The second kappa shape index (κ2) is 8.67. The van der Waals surface area contributed by atoms with Crippen LogP contribution in [-0.2, 0) is 8.85 Å². The van der Waals surface area contributed by atoms with Gasteiger partial charge in [0.1, 0.15) is 0 Å². The highest BCUT2D eigenvalue weighted by Crippen LogP contribution is 2.80. The summed E-state index contributed by atoms with van der Waals surface area (Å²) in [6.07, 6.45) is 1.10. The zero-order chi connectivity index (χ0) is 26.6.